The Balaban J connectivity index is 1.54. The highest BCUT2D eigenvalue weighted by atomic mass is 32.1. The summed E-state index contributed by atoms with van der Waals surface area (Å²) < 4.78 is 6.69. The standard InChI is InChI=1S/C18H17N5O5S/c24-8-12-11(25)7-14(28-12)23-6-5-13(21-18(23)27)20-17(29)15-19-10-4-2-1-3-9(10)16(26)22-15/h1-6,11-12,14,24-25H,7-8H2,(H,19,22,26)(H,20,21,27,29). The van der Waals surface area contributed by atoms with Crippen molar-refractivity contribution in [2.45, 2.75) is 24.9 Å². The molecule has 1 saturated heterocycles. The summed E-state index contributed by atoms with van der Waals surface area (Å²) >= 11 is 5.28. The van der Waals surface area contributed by atoms with Crippen LogP contribution >= 0.6 is 12.2 Å². The summed E-state index contributed by atoms with van der Waals surface area (Å²) in [5.41, 5.74) is -0.448. The lowest BCUT2D eigenvalue weighted by molar-refractivity contribution is -0.0458. The molecule has 3 unspecified atom stereocenters. The third kappa shape index (κ3) is 3.80. The van der Waals surface area contributed by atoms with Crippen LogP contribution in [0.2, 0.25) is 0 Å². The van der Waals surface area contributed by atoms with Gasteiger partial charge >= 0.3 is 5.69 Å². The Kier molecular flexibility index (Phi) is 5.20. The predicted molar refractivity (Wildman–Crippen MR) is 108 cm³/mol. The van der Waals surface area contributed by atoms with Gasteiger partial charge in [-0.3, -0.25) is 9.36 Å². The maximum atomic E-state index is 12.3. The molecule has 1 aliphatic rings. The predicted octanol–water partition coefficient (Wildman–Crippen LogP) is -0.0919. The number of hydrogen-bond acceptors (Lipinski definition) is 8. The molecule has 0 aliphatic carbocycles. The zero-order valence-electron chi connectivity index (χ0n) is 15.0. The van der Waals surface area contributed by atoms with Crippen LogP contribution in [-0.4, -0.2) is 53.5 Å². The molecule has 0 radical (unpaired) electrons. The summed E-state index contributed by atoms with van der Waals surface area (Å²) in [6.07, 6.45) is -0.707. The average molecular weight is 415 g/mol. The van der Waals surface area contributed by atoms with Crippen LogP contribution in [-0.2, 0) is 4.74 Å². The normalized spacial score (nSPS) is 21.4. The Morgan fingerprint density at radius 1 is 1.31 bits per heavy atom. The number of hydrogen-bond donors (Lipinski definition) is 4. The molecule has 3 aromatic rings. The molecule has 150 valence electrons. The van der Waals surface area contributed by atoms with Gasteiger partial charge in [0.05, 0.1) is 23.6 Å². The number of nitrogens with zero attached hydrogens (tertiary/aromatic N) is 3. The van der Waals surface area contributed by atoms with E-state index in [9.17, 15) is 14.7 Å². The van der Waals surface area contributed by atoms with Crippen molar-refractivity contribution < 1.29 is 14.9 Å². The third-order valence-corrected chi connectivity index (χ3v) is 4.89. The van der Waals surface area contributed by atoms with Gasteiger partial charge in [0.1, 0.15) is 23.1 Å². The molecule has 0 spiro atoms. The minimum Gasteiger partial charge on any atom is -0.394 e. The summed E-state index contributed by atoms with van der Waals surface area (Å²) in [5.74, 6) is 0.326. The SMILES string of the molecule is O=c1[nH]c(C(=S)Nc2ccn(C3CC(O)C(CO)O3)c(=O)n2)nc2ccccc12. The number of anilines is 1. The number of aromatic amines is 1. The molecule has 11 heteroatoms. The first-order chi connectivity index (χ1) is 14.0. The molecule has 1 aromatic carbocycles. The summed E-state index contributed by atoms with van der Waals surface area (Å²) in [4.78, 5) is 35.5. The van der Waals surface area contributed by atoms with E-state index in [1.54, 1.807) is 24.3 Å². The molecule has 3 atom stereocenters. The van der Waals surface area contributed by atoms with Gasteiger partial charge in [0, 0.05) is 12.6 Å². The van der Waals surface area contributed by atoms with Crippen LogP contribution in [0.3, 0.4) is 0 Å². The molecule has 4 N–H and O–H groups in total. The van der Waals surface area contributed by atoms with Gasteiger partial charge in [-0.25, -0.2) is 9.78 Å². The van der Waals surface area contributed by atoms with E-state index >= 15 is 0 Å². The van der Waals surface area contributed by atoms with Gasteiger partial charge in [-0.2, -0.15) is 4.98 Å². The number of nitrogens with one attached hydrogen (secondary N) is 2. The first kappa shape index (κ1) is 19.3. The molecule has 0 saturated carbocycles. The molecule has 3 heterocycles. The van der Waals surface area contributed by atoms with Crippen molar-refractivity contribution in [1.29, 1.82) is 0 Å². The second-order valence-corrected chi connectivity index (χ2v) is 6.91. The summed E-state index contributed by atoms with van der Waals surface area (Å²) in [5, 5.41) is 22.2. The van der Waals surface area contributed by atoms with Crippen molar-refractivity contribution in [3.05, 3.63) is 63.2 Å². The fourth-order valence-corrected chi connectivity index (χ4v) is 3.32. The van der Waals surface area contributed by atoms with E-state index < -0.39 is 24.1 Å². The second kappa shape index (κ2) is 7.79. The van der Waals surface area contributed by atoms with Crippen LogP contribution < -0.4 is 16.6 Å². The van der Waals surface area contributed by atoms with Gasteiger partial charge in [0.2, 0.25) is 0 Å². The highest BCUT2D eigenvalue weighted by Crippen LogP contribution is 2.27. The van der Waals surface area contributed by atoms with E-state index in [1.165, 1.54) is 16.8 Å². The minimum absolute atomic E-state index is 0.102. The fraction of sp³-hybridized carbons (Fsp3) is 0.278. The number of rotatable bonds is 4. The molecule has 4 rings (SSSR count). The van der Waals surface area contributed by atoms with E-state index in [0.29, 0.717) is 10.9 Å². The molecule has 1 fully saturated rings. The first-order valence-corrected chi connectivity index (χ1v) is 9.21. The van der Waals surface area contributed by atoms with E-state index in [1.807, 2.05) is 0 Å². The van der Waals surface area contributed by atoms with E-state index in [4.69, 9.17) is 22.1 Å². The molecule has 1 aliphatic heterocycles. The molecular weight excluding hydrogens is 398 g/mol. The molecular formula is C18H17N5O5S. The lowest BCUT2D eigenvalue weighted by Crippen LogP contribution is -2.29. The lowest BCUT2D eigenvalue weighted by atomic mass is 10.2. The highest BCUT2D eigenvalue weighted by molar-refractivity contribution is 7.81. The lowest BCUT2D eigenvalue weighted by Gasteiger charge is -2.15. The Morgan fingerprint density at radius 3 is 2.83 bits per heavy atom. The first-order valence-electron chi connectivity index (χ1n) is 8.80. The van der Waals surface area contributed by atoms with Gasteiger partial charge in [0.15, 0.2) is 5.82 Å². The van der Waals surface area contributed by atoms with E-state index in [2.05, 4.69) is 20.3 Å². The number of para-hydroxylation sites is 1. The molecule has 0 amide bonds. The minimum atomic E-state index is -0.863. The average Bonchev–Trinajstić information content (AvgIpc) is 3.08. The smallest absolute Gasteiger partial charge is 0.351 e. The molecule has 0 bridgehead atoms. The number of benzene rings is 1. The van der Waals surface area contributed by atoms with Crippen LogP contribution in [0, 0.1) is 0 Å². The number of aliphatic hydroxyl groups is 2. The van der Waals surface area contributed by atoms with Crippen LogP contribution in [0.25, 0.3) is 10.9 Å². The van der Waals surface area contributed by atoms with Crippen molar-refractivity contribution in [2.75, 3.05) is 11.9 Å². The van der Waals surface area contributed by atoms with E-state index in [-0.39, 0.29) is 35.2 Å². The number of fused-ring (bicyclic) bond motifs is 1. The van der Waals surface area contributed by atoms with Crippen molar-refractivity contribution >= 4 is 33.9 Å². The summed E-state index contributed by atoms with van der Waals surface area (Å²) in [6.45, 7) is -0.343. The Bertz CT molecular complexity index is 1190. The molecule has 29 heavy (non-hydrogen) atoms. The van der Waals surface area contributed by atoms with Gasteiger partial charge in [0.25, 0.3) is 5.56 Å². The number of thiocarbonyl (C=S) groups is 1. The van der Waals surface area contributed by atoms with Gasteiger partial charge in [-0.1, -0.05) is 24.4 Å². The largest absolute Gasteiger partial charge is 0.394 e. The number of ether oxygens (including phenoxy) is 1. The molecule has 10 nitrogen and oxygen atoms in total. The number of aliphatic hydroxyl groups excluding tert-OH is 2. The Hall–Kier alpha value is -2.99. The number of H-pyrrole nitrogens is 1. The Morgan fingerprint density at radius 2 is 2.10 bits per heavy atom. The van der Waals surface area contributed by atoms with Crippen molar-refractivity contribution in [2.24, 2.45) is 0 Å². The van der Waals surface area contributed by atoms with Gasteiger partial charge < -0.3 is 25.3 Å². The van der Waals surface area contributed by atoms with Gasteiger partial charge in [-0.15, -0.1) is 0 Å². The van der Waals surface area contributed by atoms with Crippen LogP contribution in [0.1, 0.15) is 18.5 Å². The fourth-order valence-electron chi connectivity index (χ4n) is 3.12. The van der Waals surface area contributed by atoms with Crippen molar-refractivity contribution in [3.63, 3.8) is 0 Å². The highest BCUT2D eigenvalue weighted by Gasteiger charge is 2.34. The Labute approximate surface area is 168 Å². The van der Waals surface area contributed by atoms with Crippen molar-refractivity contribution in [3.8, 4) is 0 Å². The van der Waals surface area contributed by atoms with Crippen molar-refractivity contribution in [1.82, 2.24) is 19.5 Å². The topological polar surface area (TPSA) is 142 Å². The van der Waals surface area contributed by atoms with Crippen LogP contribution in [0.15, 0.2) is 46.1 Å². The monoisotopic (exact) mass is 415 g/mol. The summed E-state index contributed by atoms with van der Waals surface area (Å²) in [7, 11) is 0. The van der Waals surface area contributed by atoms with Gasteiger partial charge in [-0.05, 0) is 18.2 Å². The number of aromatic nitrogens is 4. The zero-order valence-corrected chi connectivity index (χ0v) is 15.8. The second-order valence-electron chi connectivity index (χ2n) is 6.50. The van der Waals surface area contributed by atoms with Crippen LogP contribution in [0.4, 0.5) is 5.82 Å². The van der Waals surface area contributed by atoms with E-state index in [0.717, 1.165) is 0 Å². The zero-order chi connectivity index (χ0) is 20.5. The molecule has 2 aromatic heterocycles. The summed E-state index contributed by atoms with van der Waals surface area (Å²) in [6, 6.07) is 8.37. The van der Waals surface area contributed by atoms with Crippen LogP contribution in [0.5, 0.6) is 0 Å². The maximum absolute atomic E-state index is 12.3. The maximum Gasteiger partial charge on any atom is 0.351 e. The quantitative estimate of drug-likeness (QED) is 0.430. The third-order valence-electron chi connectivity index (χ3n) is 4.59.